The molecule has 1 N–H and O–H groups in total. The van der Waals surface area contributed by atoms with Crippen molar-refractivity contribution >= 4 is 22.7 Å². The zero-order valence-corrected chi connectivity index (χ0v) is 14.1. The molecule has 0 aliphatic carbocycles. The van der Waals surface area contributed by atoms with Crippen molar-refractivity contribution in [2.45, 2.75) is 19.9 Å². The summed E-state index contributed by atoms with van der Waals surface area (Å²) >= 11 is 0. The van der Waals surface area contributed by atoms with E-state index in [1.807, 2.05) is 37.3 Å². The minimum Gasteiger partial charge on any atom is -0.484 e. The summed E-state index contributed by atoms with van der Waals surface area (Å²) in [6.45, 7) is 3.25. The molecule has 3 aromatic rings. The van der Waals surface area contributed by atoms with Gasteiger partial charge in [0.1, 0.15) is 17.1 Å². The molecule has 0 fully saturated rings. The normalized spacial score (nSPS) is 11.9. The fourth-order valence-corrected chi connectivity index (χ4v) is 2.50. The number of carbonyl (C=O) groups is 2. The molecule has 25 heavy (non-hydrogen) atoms. The number of amides is 1. The molecule has 0 aliphatic heterocycles. The van der Waals surface area contributed by atoms with Crippen molar-refractivity contribution in [3.8, 4) is 5.75 Å². The van der Waals surface area contributed by atoms with Gasteiger partial charge in [-0.15, -0.1) is 0 Å². The third-order valence-corrected chi connectivity index (χ3v) is 3.88. The Morgan fingerprint density at radius 3 is 2.52 bits per heavy atom. The highest BCUT2D eigenvalue weighted by Crippen LogP contribution is 2.23. The summed E-state index contributed by atoms with van der Waals surface area (Å²) in [7, 11) is 0. The van der Waals surface area contributed by atoms with Crippen molar-refractivity contribution in [1.29, 1.82) is 0 Å². The Hall–Kier alpha value is -3.08. The zero-order chi connectivity index (χ0) is 17.8. The Morgan fingerprint density at radius 2 is 1.84 bits per heavy atom. The summed E-state index contributed by atoms with van der Waals surface area (Å²) < 4.78 is 11.2. The summed E-state index contributed by atoms with van der Waals surface area (Å²) in [5.41, 5.74) is 1.40. The monoisotopic (exact) mass is 337 g/mol. The van der Waals surface area contributed by atoms with E-state index in [9.17, 15) is 9.59 Å². The zero-order valence-electron chi connectivity index (χ0n) is 14.1. The minimum atomic E-state index is -0.261. The lowest BCUT2D eigenvalue weighted by atomic mass is 10.1. The first kappa shape index (κ1) is 16.8. The molecule has 5 nitrogen and oxygen atoms in total. The van der Waals surface area contributed by atoms with Crippen LogP contribution in [-0.2, 0) is 4.79 Å². The first-order valence-electron chi connectivity index (χ1n) is 8.04. The Bertz CT molecular complexity index is 862. The Balaban J connectivity index is 1.55. The number of nitrogens with one attached hydrogen (secondary N) is 1. The maximum atomic E-state index is 12.1. The highest BCUT2D eigenvalue weighted by Gasteiger charge is 2.14. The van der Waals surface area contributed by atoms with Crippen LogP contribution in [0.2, 0.25) is 0 Å². The van der Waals surface area contributed by atoms with Gasteiger partial charge in [-0.2, -0.15) is 0 Å². The number of furan rings is 1. The molecule has 0 bridgehead atoms. The third-order valence-electron chi connectivity index (χ3n) is 3.88. The van der Waals surface area contributed by atoms with Crippen LogP contribution in [0.15, 0.2) is 59.0 Å². The van der Waals surface area contributed by atoms with Gasteiger partial charge in [-0.05, 0) is 50.2 Å². The van der Waals surface area contributed by atoms with Crippen LogP contribution in [-0.4, -0.2) is 18.3 Å². The maximum Gasteiger partial charge on any atom is 0.258 e. The first-order chi connectivity index (χ1) is 12.0. The molecule has 5 heteroatoms. The molecule has 1 heterocycles. The van der Waals surface area contributed by atoms with E-state index >= 15 is 0 Å². The van der Waals surface area contributed by atoms with Gasteiger partial charge < -0.3 is 14.5 Å². The molecule has 128 valence electrons. The van der Waals surface area contributed by atoms with Gasteiger partial charge in [0.2, 0.25) is 0 Å². The van der Waals surface area contributed by atoms with Crippen LogP contribution >= 0.6 is 0 Å². The molecular formula is C20H19NO4. The van der Waals surface area contributed by atoms with E-state index in [0.29, 0.717) is 17.1 Å². The van der Waals surface area contributed by atoms with E-state index in [4.69, 9.17) is 9.15 Å². The van der Waals surface area contributed by atoms with E-state index in [2.05, 4.69) is 5.32 Å². The number of carbonyl (C=O) groups excluding carboxylic acids is 2. The lowest BCUT2D eigenvalue weighted by Gasteiger charge is -2.12. The topological polar surface area (TPSA) is 68.5 Å². The Labute approximate surface area is 145 Å². The van der Waals surface area contributed by atoms with Gasteiger partial charge in [0.05, 0.1) is 6.04 Å². The second-order valence-corrected chi connectivity index (χ2v) is 5.85. The molecular weight excluding hydrogens is 318 g/mol. The number of para-hydroxylation sites is 1. The molecule has 0 saturated heterocycles. The summed E-state index contributed by atoms with van der Waals surface area (Å²) in [5, 5.41) is 3.85. The second kappa shape index (κ2) is 7.21. The molecule has 1 aromatic heterocycles. The van der Waals surface area contributed by atoms with Crippen LogP contribution in [0.3, 0.4) is 0 Å². The first-order valence-corrected chi connectivity index (χ1v) is 8.04. The standard InChI is InChI=1S/C20H19NO4/c1-13(19-11-16-5-3-4-6-18(16)25-19)21-20(23)12-24-17-9-7-15(8-10-17)14(2)22/h3-11,13H,12H2,1-2H3,(H,21,23)/t13-/m0/s1. The highest BCUT2D eigenvalue weighted by atomic mass is 16.5. The van der Waals surface area contributed by atoms with Gasteiger partial charge in [-0.1, -0.05) is 18.2 Å². The molecule has 1 amide bonds. The van der Waals surface area contributed by atoms with Crippen LogP contribution < -0.4 is 10.1 Å². The van der Waals surface area contributed by atoms with Gasteiger partial charge in [-0.3, -0.25) is 9.59 Å². The average molecular weight is 337 g/mol. The highest BCUT2D eigenvalue weighted by molar-refractivity contribution is 5.94. The average Bonchev–Trinajstić information content (AvgIpc) is 3.04. The summed E-state index contributed by atoms with van der Waals surface area (Å²) in [6, 6.07) is 16.1. The number of benzene rings is 2. The van der Waals surface area contributed by atoms with Gasteiger partial charge >= 0.3 is 0 Å². The van der Waals surface area contributed by atoms with Crippen LogP contribution in [0.25, 0.3) is 11.0 Å². The molecule has 0 spiro atoms. The summed E-state index contributed by atoms with van der Waals surface area (Å²) in [4.78, 5) is 23.3. The number of hydrogen-bond donors (Lipinski definition) is 1. The Morgan fingerprint density at radius 1 is 1.12 bits per heavy atom. The fraction of sp³-hybridized carbons (Fsp3) is 0.200. The Kier molecular flexibility index (Phi) is 4.84. The van der Waals surface area contributed by atoms with Crippen LogP contribution in [0.4, 0.5) is 0 Å². The van der Waals surface area contributed by atoms with Gasteiger partial charge in [0.15, 0.2) is 12.4 Å². The van der Waals surface area contributed by atoms with Crippen molar-refractivity contribution < 1.29 is 18.7 Å². The SMILES string of the molecule is CC(=O)c1ccc(OCC(=O)N[C@@H](C)c2cc3ccccc3o2)cc1. The van der Waals surface area contributed by atoms with Crippen LogP contribution in [0, 0.1) is 0 Å². The lowest BCUT2D eigenvalue weighted by Crippen LogP contribution is -2.31. The molecule has 2 aromatic carbocycles. The summed E-state index contributed by atoms with van der Waals surface area (Å²) in [5.74, 6) is 0.976. The molecule has 1 atom stereocenters. The number of rotatable bonds is 6. The molecule has 0 unspecified atom stereocenters. The number of fused-ring (bicyclic) bond motifs is 1. The van der Waals surface area contributed by atoms with Crippen LogP contribution in [0.1, 0.15) is 36.0 Å². The second-order valence-electron chi connectivity index (χ2n) is 5.85. The van der Waals surface area contributed by atoms with E-state index in [1.54, 1.807) is 24.3 Å². The van der Waals surface area contributed by atoms with Crippen molar-refractivity contribution in [1.82, 2.24) is 5.32 Å². The predicted octanol–water partition coefficient (Wildman–Crippen LogP) is 3.89. The summed E-state index contributed by atoms with van der Waals surface area (Å²) in [6.07, 6.45) is 0. The molecule has 3 rings (SSSR count). The number of Topliss-reactive ketones (excluding diaryl/α,β-unsaturated/α-hetero) is 1. The molecule has 0 radical (unpaired) electrons. The van der Waals surface area contributed by atoms with E-state index in [0.717, 1.165) is 11.0 Å². The van der Waals surface area contributed by atoms with Crippen molar-refractivity contribution in [2.24, 2.45) is 0 Å². The van der Waals surface area contributed by atoms with E-state index in [1.165, 1.54) is 6.92 Å². The largest absolute Gasteiger partial charge is 0.484 e. The fourth-order valence-electron chi connectivity index (χ4n) is 2.50. The lowest BCUT2D eigenvalue weighted by molar-refractivity contribution is -0.123. The number of hydrogen-bond acceptors (Lipinski definition) is 4. The molecule has 0 saturated carbocycles. The van der Waals surface area contributed by atoms with Crippen LogP contribution in [0.5, 0.6) is 5.75 Å². The third kappa shape index (κ3) is 4.07. The molecule has 0 aliphatic rings. The maximum absolute atomic E-state index is 12.1. The number of ether oxygens (including phenoxy) is 1. The van der Waals surface area contributed by atoms with Crippen molar-refractivity contribution in [3.63, 3.8) is 0 Å². The quantitative estimate of drug-likeness (QED) is 0.693. The van der Waals surface area contributed by atoms with E-state index < -0.39 is 0 Å². The van der Waals surface area contributed by atoms with Crippen molar-refractivity contribution in [2.75, 3.05) is 6.61 Å². The van der Waals surface area contributed by atoms with Gasteiger partial charge in [0, 0.05) is 10.9 Å². The van der Waals surface area contributed by atoms with Crippen molar-refractivity contribution in [3.05, 3.63) is 65.9 Å². The smallest absolute Gasteiger partial charge is 0.258 e. The van der Waals surface area contributed by atoms with Gasteiger partial charge in [0.25, 0.3) is 5.91 Å². The number of ketones is 1. The van der Waals surface area contributed by atoms with Gasteiger partial charge in [-0.25, -0.2) is 0 Å². The predicted molar refractivity (Wildman–Crippen MR) is 94.7 cm³/mol. The minimum absolute atomic E-state index is 0.0102. The van der Waals surface area contributed by atoms with E-state index in [-0.39, 0.29) is 24.3 Å².